The first-order valence-corrected chi connectivity index (χ1v) is 12.1. The van der Waals surface area contributed by atoms with Crippen LogP contribution in [0.15, 0.2) is 78.9 Å². The molecule has 1 saturated carbocycles. The molecule has 0 atom stereocenters. The molecule has 8 heteroatoms. The van der Waals surface area contributed by atoms with Crippen LogP contribution in [-0.2, 0) is 10.2 Å². The average molecular weight is 484 g/mol. The predicted octanol–water partition coefficient (Wildman–Crippen LogP) is 5.46. The van der Waals surface area contributed by atoms with Gasteiger partial charge in [0, 0.05) is 11.3 Å². The summed E-state index contributed by atoms with van der Waals surface area (Å²) in [6.07, 6.45) is 1.47. The van der Waals surface area contributed by atoms with Crippen LogP contribution in [0.5, 0.6) is 11.5 Å². The molecule has 6 rings (SSSR count). The van der Waals surface area contributed by atoms with Crippen molar-refractivity contribution in [2.24, 2.45) is 0 Å². The maximum Gasteiger partial charge on any atom is 0.268 e. The topological polar surface area (TPSA) is 89.6 Å². The number of carbonyl (C=O) groups is 2. The third-order valence-electron chi connectivity index (χ3n) is 6.24. The van der Waals surface area contributed by atoms with E-state index in [0.29, 0.717) is 32.9 Å². The molecule has 2 amide bonds. The number of benzene rings is 3. The Morgan fingerprint density at radius 2 is 1.57 bits per heavy atom. The zero-order chi connectivity index (χ0) is 23.8. The number of fused-ring (bicyclic) bond motifs is 1. The average Bonchev–Trinajstić information content (AvgIpc) is 3.38. The van der Waals surface area contributed by atoms with E-state index < -0.39 is 5.41 Å². The lowest BCUT2D eigenvalue weighted by atomic mass is 9.94. The second kappa shape index (κ2) is 8.56. The summed E-state index contributed by atoms with van der Waals surface area (Å²) in [5, 5.41) is 6.28. The number of anilines is 2. The first-order valence-electron chi connectivity index (χ1n) is 11.3. The summed E-state index contributed by atoms with van der Waals surface area (Å²) in [4.78, 5) is 31.7. The molecule has 2 heterocycles. The molecular formula is C27H21N3O4S. The fourth-order valence-corrected chi connectivity index (χ4v) is 5.09. The summed E-state index contributed by atoms with van der Waals surface area (Å²) in [6, 6.07) is 24.4. The maximum absolute atomic E-state index is 13.4. The van der Waals surface area contributed by atoms with E-state index in [1.165, 1.54) is 11.3 Å². The molecule has 0 radical (unpaired) electrons. The Kier molecular flexibility index (Phi) is 5.22. The minimum absolute atomic E-state index is 0.139. The Morgan fingerprint density at radius 1 is 0.857 bits per heavy atom. The highest BCUT2D eigenvalue weighted by Crippen LogP contribution is 2.51. The lowest BCUT2D eigenvalue weighted by Gasteiger charge is -2.15. The van der Waals surface area contributed by atoms with E-state index in [2.05, 4.69) is 15.6 Å². The van der Waals surface area contributed by atoms with E-state index in [4.69, 9.17) is 9.47 Å². The molecule has 3 aromatic carbocycles. The number of para-hydroxylation sites is 1. The number of carbonyl (C=O) groups excluding carboxylic acids is 2. The zero-order valence-electron chi connectivity index (χ0n) is 18.6. The molecule has 2 N–H and O–H groups in total. The molecule has 0 bridgehead atoms. The normalized spacial score (nSPS) is 14.9. The van der Waals surface area contributed by atoms with Crippen LogP contribution in [0.3, 0.4) is 0 Å². The van der Waals surface area contributed by atoms with E-state index in [-0.39, 0.29) is 18.6 Å². The van der Waals surface area contributed by atoms with Crippen molar-refractivity contribution < 1.29 is 19.1 Å². The molecule has 1 aliphatic heterocycles. The van der Waals surface area contributed by atoms with Crippen molar-refractivity contribution in [1.82, 2.24) is 4.98 Å². The molecule has 0 spiro atoms. The van der Waals surface area contributed by atoms with Crippen molar-refractivity contribution in [2.45, 2.75) is 18.3 Å². The minimum atomic E-state index is -0.633. The van der Waals surface area contributed by atoms with Gasteiger partial charge in [-0.1, -0.05) is 65.9 Å². The molecular weight excluding hydrogens is 462 g/mol. The Balaban J connectivity index is 1.29. The van der Waals surface area contributed by atoms with Crippen LogP contribution >= 0.6 is 11.3 Å². The Labute approximate surface area is 205 Å². The first kappa shape index (κ1) is 21.4. The number of hydrogen-bond acceptors (Lipinski definition) is 6. The summed E-state index contributed by atoms with van der Waals surface area (Å²) in [6.45, 7) is 0.188. The van der Waals surface area contributed by atoms with E-state index in [9.17, 15) is 9.59 Å². The van der Waals surface area contributed by atoms with Crippen LogP contribution in [0.25, 0.3) is 11.3 Å². The summed E-state index contributed by atoms with van der Waals surface area (Å²) in [5.74, 6) is 0.929. The van der Waals surface area contributed by atoms with Crippen molar-refractivity contribution >= 4 is 34.0 Å². The van der Waals surface area contributed by atoms with Gasteiger partial charge in [0.05, 0.1) is 11.1 Å². The van der Waals surface area contributed by atoms with Gasteiger partial charge in [-0.2, -0.15) is 0 Å². The van der Waals surface area contributed by atoms with Crippen molar-refractivity contribution in [3.05, 3.63) is 89.3 Å². The lowest BCUT2D eigenvalue weighted by molar-refractivity contribution is -0.118. The Bertz CT molecular complexity index is 1420. The standard InChI is InChI=1S/C27H21N3O4S/c31-24(28-19-9-5-2-6-10-19)23-22(17-7-3-1-4-8-17)29-26(35-23)30-25(32)27(13-14-27)18-11-12-20-21(15-18)34-16-33-20/h1-12,15H,13-14,16H2,(H,28,31)(H,29,30,32). The van der Waals surface area contributed by atoms with Crippen molar-refractivity contribution in [1.29, 1.82) is 0 Å². The molecule has 1 aromatic heterocycles. The van der Waals surface area contributed by atoms with Crippen molar-refractivity contribution in [3.8, 4) is 22.8 Å². The molecule has 7 nitrogen and oxygen atoms in total. The van der Waals surface area contributed by atoms with Crippen LogP contribution in [0.4, 0.5) is 10.8 Å². The van der Waals surface area contributed by atoms with E-state index in [0.717, 1.165) is 24.0 Å². The number of rotatable bonds is 6. The highest BCUT2D eigenvalue weighted by atomic mass is 32.1. The zero-order valence-corrected chi connectivity index (χ0v) is 19.4. The lowest BCUT2D eigenvalue weighted by Crippen LogP contribution is -2.27. The van der Waals surface area contributed by atoms with Crippen LogP contribution in [0, 0.1) is 0 Å². The number of nitrogens with zero attached hydrogens (tertiary/aromatic N) is 1. The van der Waals surface area contributed by atoms with E-state index >= 15 is 0 Å². The number of thiazole rings is 1. The quantitative estimate of drug-likeness (QED) is 0.380. The molecule has 4 aromatic rings. The number of nitrogens with one attached hydrogen (secondary N) is 2. The Morgan fingerprint density at radius 3 is 2.31 bits per heavy atom. The second-order valence-electron chi connectivity index (χ2n) is 8.49. The van der Waals surface area contributed by atoms with Gasteiger partial charge in [-0.15, -0.1) is 0 Å². The van der Waals surface area contributed by atoms with Gasteiger partial charge >= 0.3 is 0 Å². The minimum Gasteiger partial charge on any atom is -0.454 e. The number of aromatic nitrogens is 1. The number of amides is 2. The predicted molar refractivity (Wildman–Crippen MR) is 134 cm³/mol. The SMILES string of the molecule is O=C(Nc1ccccc1)c1sc(NC(=O)C2(c3ccc4c(c3)OCO4)CC2)nc1-c1ccccc1. The summed E-state index contributed by atoms with van der Waals surface area (Å²) in [7, 11) is 0. The van der Waals surface area contributed by atoms with Crippen LogP contribution < -0.4 is 20.1 Å². The fourth-order valence-electron chi connectivity index (χ4n) is 4.21. The monoisotopic (exact) mass is 483 g/mol. The number of hydrogen-bond donors (Lipinski definition) is 2. The first-order chi connectivity index (χ1) is 17.1. The second-order valence-corrected chi connectivity index (χ2v) is 9.49. The van der Waals surface area contributed by atoms with Gasteiger partial charge in [0.15, 0.2) is 16.6 Å². The van der Waals surface area contributed by atoms with Crippen molar-refractivity contribution in [3.63, 3.8) is 0 Å². The highest BCUT2D eigenvalue weighted by Gasteiger charge is 2.52. The maximum atomic E-state index is 13.4. The highest BCUT2D eigenvalue weighted by molar-refractivity contribution is 7.18. The largest absolute Gasteiger partial charge is 0.454 e. The molecule has 35 heavy (non-hydrogen) atoms. The number of ether oxygens (including phenoxy) is 2. The van der Waals surface area contributed by atoms with Crippen LogP contribution in [0.2, 0.25) is 0 Å². The van der Waals surface area contributed by atoms with E-state index in [1.807, 2.05) is 78.9 Å². The third kappa shape index (κ3) is 4.02. The van der Waals surface area contributed by atoms with Gasteiger partial charge in [-0.3, -0.25) is 9.59 Å². The molecule has 2 aliphatic rings. The van der Waals surface area contributed by atoms with E-state index in [1.54, 1.807) is 0 Å². The van der Waals surface area contributed by atoms with Crippen LogP contribution in [-0.4, -0.2) is 23.6 Å². The van der Waals surface area contributed by atoms with Gasteiger partial charge in [0.1, 0.15) is 4.88 Å². The van der Waals surface area contributed by atoms with Crippen molar-refractivity contribution in [2.75, 3.05) is 17.4 Å². The molecule has 174 valence electrons. The molecule has 1 fully saturated rings. The fraction of sp³-hybridized carbons (Fsp3) is 0.148. The van der Waals surface area contributed by atoms with Crippen LogP contribution in [0.1, 0.15) is 28.1 Å². The summed E-state index contributed by atoms with van der Waals surface area (Å²) >= 11 is 1.17. The van der Waals surface area contributed by atoms with Gasteiger partial charge in [-0.25, -0.2) is 4.98 Å². The molecule has 0 saturated heterocycles. The third-order valence-corrected chi connectivity index (χ3v) is 7.21. The van der Waals surface area contributed by atoms with Gasteiger partial charge in [0.25, 0.3) is 5.91 Å². The molecule has 0 unspecified atom stereocenters. The molecule has 1 aliphatic carbocycles. The Hall–Kier alpha value is -4.17. The smallest absolute Gasteiger partial charge is 0.268 e. The summed E-state index contributed by atoms with van der Waals surface area (Å²) < 4.78 is 10.9. The van der Waals surface area contributed by atoms with Gasteiger partial charge < -0.3 is 20.1 Å². The van der Waals surface area contributed by atoms with Gasteiger partial charge in [-0.05, 0) is 42.7 Å². The summed E-state index contributed by atoms with van der Waals surface area (Å²) in [5.41, 5.74) is 2.29. The van der Waals surface area contributed by atoms with Gasteiger partial charge in [0.2, 0.25) is 12.7 Å².